The second-order valence-electron chi connectivity index (χ2n) is 6.53. The van der Waals surface area contributed by atoms with Gasteiger partial charge in [0.25, 0.3) is 0 Å². The van der Waals surface area contributed by atoms with Crippen LogP contribution >= 0.6 is 11.6 Å². The van der Waals surface area contributed by atoms with E-state index >= 15 is 0 Å². The molecular weight excluding hydrogens is 296 g/mol. The van der Waals surface area contributed by atoms with Gasteiger partial charge >= 0.3 is 0 Å². The topological polar surface area (TPSA) is 36.3 Å². The van der Waals surface area contributed by atoms with Gasteiger partial charge in [0.15, 0.2) is 0 Å². The van der Waals surface area contributed by atoms with Gasteiger partial charge in [0.1, 0.15) is 5.75 Å². The number of ether oxygens (including phenoxy) is 1. The summed E-state index contributed by atoms with van der Waals surface area (Å²) in [5, 5.41) is 8.55. The summed E-state index contributed by atoms with van der Waals surface area (Å²) in [6, 6.07) is 6.64. The molecule has 0 radical (unpaired) electrons. The van der Waals surface area contributed by atoms with E-state index in [1.807, 2.05) is 12.1 Å². The molecule has 2 fully saturated rings. The summed E-state index contributed by atoms with van der Waals surface area (Å²) in [6.07, 6.45) is 6.67. The third kappa shape index (κ3) is 3.47. The Kier molecular flexibility index (Phi) is 5.04. The van der Waals surface area contributed by atoms with Gasteiger partial charge in [0.05, 0.1) is 7.11 Å². The van der Waals surface area contributed by atoms with Crippen LogP contribution in [0.3, 0.4) is 0 Å². The maximum absolute atomic E-state index is 7.76. The number of nitrogens with one attached hydrogen (secondary N) is 1. The molecule has 120 valence electrons. The molecule has 3 rings (SSSR count). The lowest BCUT2D eigenvalue weighted by Crippen LogP contribution is -2.42. The number of halogens is 1. The van der Waals surface area contributed by atoms with E-state index in [4.69, 9.17) is 21.7 Å². The smallest absolute Gasteiger partial charge is 0.122 e. The Morgan fingerprint density at radius 3 is 2.45 bits per heavy atom. The maximum atomic E-state index is 7.76. The number of methoxy groups -OCH3 is 1. The van der Waals surface area contributed by atoms with Crippen molar-refractivity contribution in [2.45, 2.75) is 50.5 Å². The minimum atomic E-state index is 0.548. The van der Waals surface area contributed by atoms with Crippen molar-refractivity contribution >= 4 is 17.3 Å². The zero-order valence-electron chi connectivity index (χ0n) is 13.3. The summed E-state index contributed by atoms with van der Waals surface area (Å²) in [6.45, 7) is 2.30. The zero-order valence-corrected chi connectivity index (χ0v) is 14.0. The summed E-state index contributed by atoms with van der Waals surface area (Å²) in [4.78, 5) is 2.64. The average Bonchev–Trinajstić information content (AvgIpc) is 2.56. The van der Waals surface area contributed by atoms with E-state index in [0.717, 1.165) is 42.4 Å². The van der Waals surface area contributed by atoms with Gasteiger partial charge in [-0.05, 0) is 81.3 Å². The predicted molar refractivity (Wildman–Crippen MR) is 91.5 cm³/mol. The normalized spacial score (nSPS) is 24.5. The molecule has 22 heavy (non-hydrogen) atoms. The third-order valence-corrected chi connectivity index (χ3v) is 5.47. The minimum Gasteiger partial charge on any atom is -0.496 e. The van der Waals surface area contributed by atoms with Crippen LogP contribution in [-0.4, -0.2) is 36.9 Å². The number of rotatable bonds is 3. The van der Waals surface area contributed by atoms with Crippen LogP contribution < -0.4 is 4.74 Å². The highest BCUT2D eigenvalue weighted by Gasteiger charge is 2.29. The van der Waals surface area contributed by atoms with Crippen LogP contribution in [0.1, 0.15) is 50.0 Å². The van der Waals surface area contributed by atoms with E-state index in [0.29, 0.717) is 12.0 Å². The average molecular weight is 321 g/mol. The molecule has 1 heterocycles. The molecule has 0 unspecified atom stereocenters. The van der Waals surface area contributed by atoms with Crippen molar-refractivity contribution in [1.29, 1.82) is 5.41 Å². The molecule has 0 bridgehead atoms. The summed E-state index contributed by atoms with van der Waals surface area (Å²) in [5.74, 6) is 1.51. The van der Waals surface area contributed by atoms with Crippen LogP contribution in [-0.2, 0) is 0 Å². The van der Waals surface area contributed by atoms with Gasteiger partial charge in [-0.2, -0.15) is 0 Å². The maximum Gasteiger partial charge on any atom is 0.122 e. The molecule has 1 aromatic carbocycles. The predicted octanol–water partition coefficient (Wildman–Crippen LogP) is 4.49. The number of hydrogen-bond donors (Lipinski definition) is 1. The molecule has 0 aromatic heterocycles. The van der Waals surface area contributed by atoms with Gasteiger partial charge in [-0.3, -0.25) is 0 Å². The molecule has 0 spiro atoms. The van der Waals surface area contributed by atoms with Crippen molar-refractivity contribution in [3.05, 3.63) is 28.8 Å². The zero-order chi connectivity index (χ0) is 15.5. The van der Waals surface area contributed by atoms with Gasteiger partial charge in [0, 0.05) is 16.8 Å². The fourth-order valence-corrected chi connectivity index (χ4v) is 4.10. The highest BCUT2D eigenvalue weighted by molar-refractivity contribution is 6.30. The molecule has 1 saturated carbocycles. The van der Waals surface area contributed by atoms with Gasteiger partial charge in [-0.1, -0.05) is 11.6 Å². The van der Waals surface area contributed by atoms with Gasteiger partial charge in [0.2, 0.25) is 0 Å². The fourth-order valence-electron chi connectivity index (χ4n) is 3.92. The first kappa shape index (κ1) is 15.8. The molecule has 1 aliphatic heterocycles. The second-order valence-corrected chi connectivity index (χ2v) is 6.97. The van der Waals surface area contributed by atoms with Gasteiger partial charge in [-0.25, -0.2) is 0 Å². The van der Waals surface area contributed by atoms with Crippen LogP contribution in [0, 0.1) is 5.41 Å². The molecule has 2 aliphatic rings. The Labute approximate surface area is 138 Å². The Hall–Kier alpha value is -1.06. The number of nitrogens with zero attached hydrogens (tertiary/aromatic N) is 1. The Bertz CT molecular complexity index is 528. The standard InChI is InChI=1S/C18H25ClN2O/c1-22-18-7-2-14(19)12-17(18)13-8-10-21(11-9-13)16-5-3-15(20)4-6-16/h2,7,12-13,16,20H,3-6,8-11H2,1H3. The Morgan fingerprint density at radius 1 is 1.14 bits per heavy atom. The Balaban J connectivity index is 1.62. The second kappa shape index (κ2) is 7.01. The lowest BCUT2D eigenvalue weighted by molar-refractivity contribution is 0.135. The molecule has 1 aromatic rings. The summed E-state index contributed by atoms with van der Waals surface area (Å²) < 4.78 is 5.51. The lowest BCUT2D eigenvalue weighted by Gasteiger charge is -2.39. The number of likely N-dealkylation sites (tertiary alicyclic amines) is 1. The van der Waals surface area contributed by atoms with Crippen molar-refractivity contribution in [1.82, 2.24) is 4.90 Å². The van der Waals surface area contributed by atoms with Crippen LogP contribution in [0.2, 0.25) is 5.02 Å². The van der Waals surface area contributed by atoms with E-state index in [1.54, 1.807) is 7.11 Å². The first-order valence-electron chi connectivity index (χ1n) is 8.31. The van der Waals surface area contributed by atoms with Gasteiger partial charge < -0.3 is 15.0 Å². The quantitative estimate of drug-likeness (QED) is 0.890. The van der Waals surface area contributed by atoms with Crippen molar-refractivity contribution in [2.24, 2.45) is 0 Å². The minimum absolute atomic E-state index is 0.548. The summed E-state index contributed by atoms with van der Waals surface area (Å²) in [5.41, 5.74) is 2.20. The van der Waals surface area contributed by atoms with E-state index in [9.17, 15) is 0 Å². The van der Waals surface area contributed by atoms with Crippen LogP contribution in [0.25, 0.3) is 0 Å². The van der Waals surface area contributed by atoms with Crippen molar-refractivity contribution in [3.8, 4) is 5.75 Å². The van der Waals surface area contributed by atoms with Crippen LogP contribution in [0.5, 0.6) is 5.75 Å². The molecule has 1 saturated heterocycles. The van der Waals surface area contributed by atoms with Crippen molar-refractivity contribution in [2.75, 3.05) is 20.2 Å². The molecule has 0 atom stereocenters. The van der Waals surface area contributed by atoms with Crippen molar-refractivity contribution in [3.63, 3.8) is 0 Å². The van der Waals surface area contributed by atoms with E-state index < -0.39 is 0 Å². The number of piperidine rings is 1. The lowest BCUT2D eigenvalue weighted by atomic mass is 9.86. The van der Waals surface area contributed by atoms with E-state index in [2.05, 4.69) is 11.0 Å². The molecule has 1 aliphatic carbocycles. The molecule has 0 amide bonds. The van der Waals surface area contributed by atoms with Gasteiger partial charge in [-0.15, -0.1) is 0 Å². The van der Waals surface area contributed by atoms with Crippen LogP contribution in [0.15, 0.2) is 18.2 Å². The summed E-state index contributed by atoms with van der Waals surface area (Å²) in [7, 11) is 1.73. The SMILES string of the molecule is COc1ccc(Cl)cc1C1CCN(C2CCC(=N)CC2)CC1. The molecule has 1 N–H and O–H groups in total. The number of benzene rings is 1. The summed E-state index contributed by atoms with van der Waals surface area (Å²) >= 11 is 6.17. The van der Waals surface area contributed by atoms with Crippen molar-refractivity contribution < 1.29 is 4.74 Å². The Morgan fingerprint density at radius 2 is 1.82 bits per heavy atom. The van der Waals surface area contributed by atoms with Crippen LogP contribution in [0.4, 0.5) is 0 Å². The molecule has 3 nitrogen and oxygen atoms in total. The first-order valence-corrected chi connectivity index (χ1v) is 8.69. The fraction of sp³-hybridized carbons (Fsp3) is 0.611. The molecule has 4 heteroatoms. The molecular formula is C18H25ClN2O. The highest BCUT2D eigenvalue weighted by Crippen LogP contribution is 2.37. The largest absolute Gasteiger partial charge is 0.496 e. The highest BCUT2D eigenvalue weighted by atomic mass is 35.5. The van der Waals surface area contributed by atoms with E-state index in [-0.39, 0.29) is 0 Å². The monoisotopic (exact) mass is 320 g/mol. The van der Waals surface area contributed by atoms with E-state index in [1.165, 1.54) is 31.2 Å². The third-order valence-electron chi connectivity index (χ3n) is 5.24. The number of hydrogen-bond acceptors (Lipinski definition) is 3. The first-order chi connectivity index (χ1) is 10.7.